The number of hydrogen-bond donors (Lipinski definition) is 0. The molecule has 4 heteroatoms. The van der Waals surface area contributed by atoms with E-state index in [0.717, 1.165) is 6.16 Å². The molecule has 0 nitrogen and oxygen atoms in total. The molecule has 0 aliphatic carbocycles. The Morgan fingerprint density at radius 3 is 1.45 bits per heavy atom. The Labute approximate surface area is 201 Å². The summed E-state index contributed by atoms with van der Waals surface area (Å²) in [5.74, 6) is 0. The van der Waals surface area contributed by atoms with Crippen molar-refractivity contribution in [3.8, 4) is 0 Å². The van der Waals surface area contributed by atoms with Gasteiger partial charge in [0, 0.05) is 6.16 Å². The third kappa shape index (κ3) is 10.4. The molecule has 1 radical (unpaired) electrons. The molecule has 0 fully saturated rings. The van der Waals surface area contributed by atoms with Crippen LogP contribution in [0.3, 0.4) is 0 Å². The van der Waals surface area contributed by atoms with Crippen molar-refractivity contribution in [3.05, 3.63) is 96.6 Å². The molecule has 3 aromatic rings. The molecule has 3 aromatic carbocycles. The molecular formula is C25H31BrNiP2+. The summed E-state index contributed by atoms with van der Waals surface area (Å²) in [5.41, 5.74) is 1.28. The Bertz CT molecular complexity index is 690. The molecule has 0 saturated heterocycles. The van der Waals surface area contributed by atoms with E-state index in [1.165, 1.54) is 34.7 Å². The smallest absolute Gasteiger partial charge is 1.00 e. The van der Waals surface area contributed by atoms with Gasteiger partial charge in [0.05, 0.1) is 0 Å². The Balaban J connectivity index is 0.000000761. The number of halogens is 1. The van der Waals surface area contributed by atoms with Crippen molar-refractivity contribution < 1.29 is 33.5 Å². The molecule has 0 aromatic heterocycles. The summed E-state index contributed by atoms with van der Waals surface area (Å²) in [5, 5.41) is 2.84. The Hall–Kier alpha value is -0.506. The van der Waals surface area contributed by atoms with E-state index in [1.807, 2.05) is 12.1 Å². The number of rotatable bonds is 7. The molecular weight excluding hydrogens is 501 g/mol. The number of hydrogen-bond acceptors (Lipinski definition) is 0. The van der Waals surface area contributed by atoms with E-state index in [9.17, 15) is 0 Å². The molecule has 0 heterocycles. The van der Waals surface area contributed by atoms with Gasteiger partial charge in [-0.3, -0.25) is 0 Å². The largest absolute Gasteiger partial charge is 2.00 e. The van der Waals surface area contributed by atoms with Gasteiger partial charge in [0.2, 0.25) is 0 Å². The van der Waals surface area contributed by atoms with Crippen LogP contribution in [0.2, 0.25) is 0 Å². The van der Waals surface area contributed by atoms with Crippen LogP contribution in [-0.4, -0.2) is 18.5 Å². The second-order valence-electron chi connectivity index (χ2n) is 6.26. The summed E-state index contributed by atoms with van der Waals surface area (Å²) >= 11 is 0. The van der Waals surface area contributed by atoms with Crippen LogP contribution in [0.1, 0.15) is 26.3 Å². The zero-order valence-corrected chi connectivity index (χ0v) is 21.9. The molecule has 0 saturated carbocycles. The van der Waals surface area contributed by atoms with Crippen LogP contribution >= 0.6 is 15.8 Å². The Kier molecular flexibility index (Phi) is 16.9. The second-order valence-corrected chi connectivity index (χ2v) is 11.7. The molecule has 0 unspecified atom stereocenters. The van der Waals surface area contributed by atoms with Gasteiger partial charge in [-0.2, -0.15) is 0 Å². The molecule has 0 spiro atoms. The van der Waals surface area contributed by atoms with Crippen LogP contribution < -0.4 is 27.6 Å². The van der Waals surface area contributed by atoms with Crippen molar-refractivity contribution in [1.82, 2.24) is 0 Å². The second kappa shape index (κ2) is 17.2. The predicted octanol–water partition coefficient (Wildman–Crippen LogP) is 3.65. The molecule has 0 bridgehead atoms. The maximum atomic E-state index is 3.35. The van der Waals surface area contributed by atoms with E-state index in [1.54, 1.807) is 0 Å². The third-order valence-corrected chi connectivity index (χ3v) is 9.76. The minimum atomic E-state index is -0.358. The predicted molar refractivity (Wildman–Crippen MR) is 127 cm³/mol. The molecule has 29 heavy (non-hydrogen) atoms. The zero-order valence-electron chi connectivity index (χ0n) is 17.5. The van der Waals surface area contributed by atoms with E-state index in [2.05, 4.69) is 99.6 Å². The van der Waals surface area contributed by atoms with Crippen LogP contribution in [0.4, 0.5) is 0 Å². The van der Waals surface area contributed by atoms with E-state index in [0.29, 0.717) is 7.92 Å². The first-order valence-electron chi connectivity index (χ1n) is 9.84. The molecule has 0 aliphatic rings. The van der Waals surface area contributed by atoms with Gasteiger partial charge in [-0.25, -0.2) is 0 Å². The number of benzene rings is 3. The maximum absolute atomic E-state index is 3.35. The molecule has 3 rings (SSSR count). The van der Waals surface area contributed by atoms with Crippen LogP contribution in [0.15, 0.2) is 84.9 Å². The molecule has 0 amide bonds. The van der Waals surface area contributed by atoms with Gasteiger partial charge in [0.1, 0.15) is 0 Å². The van der Waals surface area contributed by atoms with Gasteiger partial charge >= 0.3 is 16.5 Å². The van der Waals surface area contributed by atoms with Crippen molar-refractivity contribution >= 4 is 26.5 Å². The van der Waals surface area contributed by atoms with Crippen LogP contribution in [0, 0.1) is 6.07 Å². The average Bonchev–Trinajstić information content (AvgIpc) is 2.76. The topological polar surface area (TPSA) is 0 Å². The fraction of sp³-hybridized carbons (Fsp3) is 0.280. The van der Waals surface area contributed by atoms with Crippen molar-refractivity contribution in [1.29, 1.82) is 0 Å². The average molecular weight is 532 g/mol. The van der Waals surface area contributed by atoms with Gasteiger partial charge in [-0.15, -0.1) is 7.92 Å². The molecule has 157 valence electrons. The van der Waals surface area contributed by atoms with Gasteiger partial charge < -0.3 is 17.0 Å². The maximum Gasteiger partial charge on any atom is 2.00 e. The first-order valence-corrected chi connectivity index (χ1v) is 13.3. The van der Waals surface area contributed by atoms with E-state index >= 15 is 0 Å². The quantitative estimate of drug-likeness (QED) is 0.322. The van der Waals surface area contributed by atoms with Gasteiger partial charge in [-0.1, -0.05) is 106 Å². The third-order valence-electron chi connectivity index (χ3n) is 4.58. The molecule has 0 atom stereocenters. The minimum absolute atomic E-state index is 0. The van der Waals surface area contributed by atoms with E-state index < -0.39 is 0 Å². The summed E-state index contributed by atoms with van der Waals surface area (Å²) in [6.07, 6.45) is 5.30. The first kappa shape index (κ1) is 28.5. The summed E-state index contributed by atoms with van der Waals surface area (Å²) in [6.45, 7) is 6.87. The first-order chi connectivity index (χ1) is 13.3. The summed E-state index contributed by atoms with van der Waals surface area (Å²) in [4.78, 5) is 0. The normalized spacial score (nSPS) is 9.83. The van der Waals surface area contributed by atoms with E-state index in [4.69, 9.17) is 0 Å². The van der Waals surface area contributed by atoms with Crippen molar-refractivity contribution in [3.63, 3.8) is 0 Å². The summed E-state index contributed by atoms with van der Waals surface area (Å²) in [7, 11) is 0.0876. The monoisotopic (exact) mass is 530 g/mol. The van der Waals surface area contributed by atoms with Crippen LogP contribution in [-0.2, 0) is 22.7 Å². The van der Waals surface area contributed by atoms with Crippen LogP contribution in [0.5, 0.6) is 0 Å². The standard InChI is InChI=1S/C19H16P.C6H15P.BrH.Ni/c1-4-10-17(11-5-1)16-20(18-12-6-2-7-13-18)19-14-8-3-9-15-19;1-4-7(5-2)6-3;;/h1-10,12-15H,16H2;4-6H2,1-3H3;1H;/q;;;+2/p-1. The summed E-state index contributed by atoms with van der Waals surface area (Å²) < 4.78 is 0. The van der Waals surface area contributed by atoms with E-state index in [-0.39, 0.29) is 41.4 Å². The summed E-state index contributed by atoms with van der Waals surface area (Å²) in [6, 6.07) is 33.3. The zero-order chi connectivity index (χ0) is 19.3. The Morgan fingerprint density at radius 1 is 0.655 bits per heavy atom. The van der Waals surface area contributed by atoms with Crippen molar-refractivity contribution in [2.24, 2.45) is 0 Å². The van der Waals surface area contributed by atoms with Gasteiger partial charge in [0.25, 0.3) is 0 Å². The van der Waals surface area contributed by atoms with Gasteiger partial charge in [0.15, 0.2) is 0 Å². The molecule has 0 N–H and O–H groups in total. The van der Waals surface area contributed by atoms with Crippen molar-refractivity contribution in [2.75, 3.05) is 18.5 Å². The fourth-order valence-corrected chi connectivity index (χ4v) is 6.52. The van der Waals surface area contributed by atoms with Gasteiger partial charge in [-0.05, 0) is 48.6 Å². The molecule has 0 aliphatic heterocycles. The Morgan fingerprint density at radius 2 is 1.10 bits per heavy atom. The fourth-order valence-electron chi connectivity index (χ4n) is 2.92. The minimum Gasteiger partial charge on any atom is -1.00 e. The van der Waals surface area contributed by atoms with Crippen LogP contribution in [0.25, 0.3) is 0 Å². The SMILES string of the molecule is CCP(CC)CC.[Br-].[Ni+2].[c]1ccccc1CP(c1ccccc1)c1ccccc1. The van der Waals surface area contributed by atoms with Crippen molar-refractivity contribution in [2.45, 2.75) is 26.9 Å².